The zero-order chi connectivity index (χ0) is 25.9. The Morgan fingerprint density at radius 3 is 2.10 bits per heavy atom. The van der Waals surface area contributed by atoms with Crippen LogP contribution in [0.5, 0.6) is 0 Å². The largest absolute Gasteiger partial charge is 0.438 e. The highest BCUT2D eigenvalue weighted by Gasteiger charge is 2.18. The Morgan fingerprint density at radius 1 is 0.615 bits per heavy atom. The Hall–Kier alpha value is -5.36. The third kappa shape index (κ3) is 3.35. The molecule has 8 rings (SSSR count). The normalized spacial score (nSPS) is 11.7. The fraction of sp³-hybridized carbons (Fsp3) is 0.0303. The van der Waals surface area contributed by atoms with Crippen molar-refractivity contribution in [2.24, 2.45) is 0 Å². The molecular weight excluding hydrogens is 482 g/mol. The van der Waals surface area contributed by atoms with Crippen LogP contribution in [0, 0.1) is 6.92 Å². The number of benzene rings is 4. The monoisotopic (exact) mass is 503 g/mol. The molecule has 4 heterocycles. The van der Waals surface area contributed by atoms with Crippen molar-refractivity contribution in [3.8, 4) is 28.7 Å². The molecule has 0 aliphatic heterocycles. The minimum atomic E-state index is 0.571. The van der Waals surface area contributed by atoms with E-state index in [1.54, 1.807) is 6.20 Å². The number of furan rings is 1. The lowest BCUT2D eigenvalue weighted by Crippen LogP contribution is -2.06. The van der Waals surface area contributed by atoms with Gasteiger partial charge in [0.2, 0.25) is 11.7 Å². The van der Waals surface area contributed by atoms with Crippen LogP contribution in [0.3, 0.4) is 0 Å². The van der Waals surface area contributed by atoms with E-state index >= 15 is 0 Å². The van der Waals surface area contributed by atoms with Crippen LogP contribution in [0.2, 0.25) is 0 Å². The highest BCUT2D eigenvalue weighted by atomic mass is 16.3. The van der Waals surface area contributed by atoms with E-state index in [-0.39, 0.29) is 0 Å². The van der Waals surface area contributed by atoms with E-state index in [1.165, 1.54) is 0 Å². The van der Waals surface area contributed by atoms with Crippen molar-refractivity contribution in [2.75, 3.05) is 0 Å². The summed E-state index contributed by atoms with van der Waals surface area (Å²) in [6.07, 6.45) is 1.74. The van der Waals surface area contributed by atoms with Crippen molar-refractivity contribution < 1.29 is 4.42 Å². The maximum atomic E-state index is 6.08. The van der Waals surface area contributed by atoms with E-state index in [0.29, 0.717) is 23.3 Å². The van der Waals surface area contributed by atoms with Crippen molar-refractivity contribution in [2.45, 2.75) is 6.92 Å². The second-order valence-corrected chi connectivity index (χ2v) is 9.64. The van der Waals surface area contributed by atoms with Gasteiger partial charge in [0.1, 0.15) is 5.58 Å². The van der Waals surface area contributed by atoms with Gasteiger partial charge in [-0.2, -0.15) is 9.97 Å². The van der Waals surface area contributed by atoms with Gasteiger partial charge >= 0.3 is 0 Å². The lowest BCUT2D eigenvalue weighted by molar-refractivity contribution is 0.654. The van der Waals surface area contributed by atoms with Gasteiger partial charge < -0.3 is 4.42 Å². The first-order valence-electron chi connectivity index (χ1n) is 12.8. The maximum Gasteiger partial charge on any atom is 0.238 e. The SMILES string of the molecule is Cc1ccccc1-c1nc(-c2ccc3c(c2)oc2ncccc23)nc(-n2c3ccccc3c3ccccc32)n1. The zero-order valence-electron chi connectivity index (χ0n) is 21.0. The zero-order valence-corrected chi connectivity index (χ0v) is 21.0. The molecule has 0 amide bonds. The molecule has 0 fully saturated rings. The van der Waals surface area contributed by atoms with Crippen LogP contribution in [0.4, 0.5) is 0 Å². The molecular formula is C33H21N5O. The number of fused-ring (bicyclic) bond motifs is 6. The van der Waals surface area contributed by atoms with E-state index in [4.69, 9.17) is 19.4 Å². The molecule has 0 atom stereocenters. The number of para-hydroxylation sites is 2. The Kier molecular flexibility index (Phi) is 4.63. The van der Waals surface area contributed by atoms with Gasteiger partial charge in [0.05, 0.1) is 11.0 Å². The van der Waals surface area contributed by atoms with Crippen LogP contribution < -0.4 is 0 Å². The number of hydrogen-bond donors (Lipinski definition) is 0. The predicted molar refractivity (Wildman–Crippen MR) is 155 cm³/mol. The van der Waals surface area contributed by atoms with E-state index in [9.17, 15) is 0 Å². The topological polar surface area (TPSA) is 69.6 Å². The minimum Gasteiger partial charge on any atom is -0.438 e. The standard InChI is InChI=1S/C33H21N5O/c1-20-9-2-3-10-22(20)31-35-30(21-16-17-25-26-13-8-18-34-32(26)39-29(25)19-21)36-33(37-31)38-27-14-6-4-11-23(27)24-12-5-7-15-28(24)38/h2-19H,1H3. The summed E-state index contributed by atoms with van der Waals surface area (Å²) in [7, 11) is 0. The molecule has 0 spiro atoms. The molecule has 0 saturated carbocycles. The van der Waals surface area contributed by atoms with Crippen molar-refractivity contribution in [1.82, 2.24) is 24.5 Å². The molecule has 0 N–H and O–H groups in total. The molecule has 6 heteroatoms. The number of nitrogens with zero attached hydrogens (tertiary/aromatic N) is 5. The summed E-state index contributed by atoms with van der Waals surface area (Å²) in [5.74, 6) is 1.78. The number of pyridine rings is 1. The quantitative estimate of drug-likeness (QED) is 0.245. The first kappa shape index (κ1) is 21.7. The van der Waals surface area contributed by atoms with Crippen molar-refractivity contribution in [1.29, 1.82) is 0 Å². The van der Waals surface area contributed by atoms with E-state index in [1.807, 2.05) is 48.5 Å². The molecule has 0 aliphatic carbocycles. The van der Waals surface area contributed by atoms with Crippen molar-refractivity contribution in [3.63, 3.8) is 0 Å². The summed E-state index contributed by atoms with van der Waals surface area (Å²) in [4.78, 5) is 19.4. The first-order valence-corrected chi connectivity index (χ1v) is 12.8. The minimum absolute atomic E-state index is 0.571. The molecule has 0 bridgehead atoms. The third-order valence-electron chi connectivity index (χ3n) is 7.30. The molecule has 4 aromatic carbocycles. The summed E-state index contributed by atoms with van der Waals surface area (Å²) in [5, 5.41) is 4.31. The van der Waals surface area contributed by atoms with E-state index < -0.39 is 0 Å². The number of aryl methyl sites for hydroxylation is 1. The highest BCUT2D eigenvalue weighted by molar-refractivity contribution is 6.09. The molecule has 8 aromatic rings. The molecule has 4 aromatic heterocycles. The van der Waals surface area contributed by atoms with Gasteiger partial charge in [0.25, 0.3) is 0 Å². The van der Waals surface area contributed by atoms with Gasteiger partial charge in [-0.25, -0.2) is 9.97 Å². The van der Waals surface area contributed by atoms with Crippen molar-refractivity contribution in [3.05, 3.63) is 115 Å². The Morgan fingerprint density at radius 2 is 1.31 bits per heavy atom. The second-order valence-electron chi connectivity index (χ2n) is 9.64. The van der Waals surface area contributed by atoms with Crippen LogP contribution in [0.15, 0.2) is 114 Å². The van der Waals surface area contributed by atoms with Gasteiger partial charge in [0.15, 0.2) is 11.6 Å². The summed E-state index contributed by atoms with van der Waals surface area (Å²) < 4.78 is 8.21. The van der Waals surface area contributed by atoms with Gasteiger partial charge in [-0.05, 0) is 48.9 Å². The molecule has 0 radical (unpaired) electrons. The average molecular weight is 504 g/mol. The summed E-state index contributed by atoms with van der Waals surface area (Å²) >= 11 is 0. The van der Waals surface area contributed by atoms with E-state index in [0.717, 1.165) is 54.9 Å². The van der Waals surface area contributed by atoms with Crippen LogP contribution in [-0.2, 0) is 0 Å². The molecule has 6 nitrogen and oxygen atoms in total. The number of aromatic nitrogens is 5. The Balaban J connectivity index is 1.42. The van der Waals surface area contributed by atoms with E-state index in [2.05, 4.69) is 71.1 Å². The fourth-order valence-electron chi connectivity index (χ4n) is 5.43. The fourth-order valence-corrected chi connectivity index (χ4v) is 5.43. The third-order valence-corrected chi connectivity index (χ3v) is 7.30. The van der Waals surface area contributed by atoms with Gasteiger partial charge in [-0.15, -0.1) is 0 Å². The molecule has 39 heavy (non-hydrogen) atoms. The summed E-state index contributed by atoms with van der Waals surface area (Å²) in [6.45, 7) is 2.08. The molecule has 0 aliphatic rings. The number of rotatable bonds is 3. The predicted octanol–water partition coefficient (Wildman–Crippen LogP) is 7.91. The average Bonchev–Trinajstić information content (AvgIpc) is 3.52. The van der Waals surface area contributed by atoms with Gasteiger partial charge in [-0.3, -0.25) is 4.57 Å². The summed E-state index contributed by atoms with van der Waals surface area (Å²) in [5.41, 5.74) is 6.37. The first-order chi connectivity index (χ1) is 19.2. The Bertz CT molecular complexity index is 2160. The maximum absolute atomic E-state index is 6.08. The smallest absolute Gasteiger partial charge is 0.238 e. The lowest BCUT2D eigenvalue weighted by Gasteiger charge is -2.12. The Labute approximate surface area is 223 Å². The molecule has 0 unspecified atom stereocenters. The van der Waals surface area contributed by atoms with Gasteiger partial charge in [-0.1, -0.05) is 66.7 Å². The van der Waals surface area contributed by atoms with Crippen LogP contribution >= 0.6 is 0 Å². The highest BCUT2D eigenvalue weighted by Crippen LogP contribution is 2.34. The van der Waals surface area contributed by atoms with Gasteiger partial charge in [0, 0.05) is 38.9 Å². The lowest BCUT2D eigenvalue weighted by atomic mass is 10.1. The summed E-state index contributed by atoms with van der Waals surface area (Å²) in [6, 6.07) is 34.9. The van der Waals surface area contributed by atoms with Crippen LogP contribution in [0.25, 0.3) is 72.6 Å². The molecule has 0 saturated heterocycles. The van der Waals surface area contributed by atoms with Crippen LogP contribution in [0.1, 0.15) is 5.56 Å². The van der Waals surface area contributed by atoms with Crippen molar-refractivity contribution >= 4 is 43.9 Å². The molecule has 184 valence electrons. The number of hydrogen-bond acceptors (Lipinski definition) is 5. The van der Waals surface area contributed by atoms with Crippen LogP contribution in [-0.4, -0.2) is 24.5 Å². The second kappa shape index (κ2) is 8.33.